The Morgan fingerprint density at radius 1 is 1.12 bits per heavy atom. The first-order valence-electron chi connectivity index (χ1n) is 8.27. The number of carbonyl (C=O) groups is 1. The molecular formula is C18H21NO4S2. The van der Waals surface area contributed by atoms with Crippen molar-refractivity contribution in [3.63, 3.8) is 0 Å². The number of hydrogen-bond acceptors (Lipinski definition) is 4. The minimum absolute atomic E-state index is 0.157. The number of nitrogens with one attached hydrogen (secondary N) is 1. The standard InChI is InChI=1S/C18H21NO4S2/c20-16(21)12-15-8-9-17(24-15)25(22,23)19-13-18(10-4-5-11-18)14-6-2-1-3-7-14/h1-3,6-9,19H,4-5,10-13H2,(H,20,21). The van der Waals surface area contributed by atoms with Crippen molar-refractivity contribution in [3.8, 4) is 0 Å². The van der Waals surface area contributed by atoms with Gasteiger partial charge >= 0.3 is 5.97 Å². The quantitative estimate of drug-likeness (QED) is 0.774. The van der Waals surface area contributed by atoms with Gasteiger partial charge in [0.15, 0.2) is 0 Å². The van der Waals surface area contributed by atoms with E-state index in [1.54, 1.807) is 6.07 Å². The van der Waals surface area contributed by atoms with Gasteiger partial charge in [-0.05, 0) is 30.5 Å². The Bertz CT molecular complexity index is 837. The molecule has 1 heterocycles. The molecule has 1 saturated carbocycles. The molecule has 7 heteroatoms. The largest absolute Gasteiger partial charge is 0.481 e. The lowest BCUT2D eigenvalue weighted by atomic mass is 9.79. The second-order valence-corrected chi connectivity index (χ2v) is 9.63. The van der Waals surface area contributed by atoms with Crippen LogP contribution < -0.4 is 4.72 Å². The number of sulfonamides is 1. The van der Waals surface area contributed by atoms with E-state index in [9.17, 15) is 13.2 Å². The van der Waals surface area contributed by atoms with E-state index in [-0.39, 0.29) is 16.0 Å². The fourth-order valence-electron chi connectivity index (χ4n) is 3.46. The molecule has 1 aliphatic carbocycles. The minimum atomic E-state index is -3.63. The summed E-state index contributed by atoms with van der Waals surface area (Å²) in [5.74, 6) is -0.965. The third kappa shape index (κ3) is 4.11. The van der Waals surface area contributed by atoms with Gasteiger partial charge in [0.25, 0.3) is 0 Å². The topological polar surface area (TPSA) is 83.5 Å². The van der Waals surface area contributed by atoms with Crippen molar-refractivity contribution in [1.82, 2.24) is 4.72 Å². The summed E-state index contributed by atoms with van der Waals surface area (Å²) in [5.41, 5.74) is 1.02. The molecule has 2 N–H and O–H groups in total. The van der Waals surface area contributed by atoms with E-state index in [1.165, 1.54) is 11.6 Å². The normalized spacial score (nSPS) is 16.8. The van der Waals surface area contributed by atoms with Gasteiger partial charge in [0.05, 0.1) is 6.42 Å². The predicted octanol–water partition coefficient (Wildman–Crippen LogP) is 3.17. The highest BCUT2D eigenvalue weighted by molar-refractivity contribution is 7.91. The number of carboxylic acids is 1. The monoisotopic (exact) mass is 379 g/mol. The first-order valence-corrected chi connectivity index (χ1v) is 10.6. The van der Waals surface area contributed by atoms with Gasteiger partial charge in [0.2, 0.25) is 10.0 Å². The van der Waals surface area contributed by atoms with Gasteiger partial charge in [-0.3, -0.25) is 4.79 Å². The van der Waals surface area contributed by atoms with Crippen LogP contribution in [-0.4, -0.2) is 26.0 Å². The first-order chi connectivity index (χ1) is 11.9. The zero-order chi connectivity index (χ0) is 17.9. The molecule has 0 aliphatic heterocycles. The summed E-state index contributed by atoms with van der Waals surface area (Å²) in [7, 11) is -3.63. The first kappa shape index (κ1) is 18.1. The number of carboxylic acid groups (broad SMARTS) is 1. The lowest BCUT2D eigenvalue weighted by Crippen LogP contribution is -2.38. The van der Waals surface area contributed by atoms with Crippen LogP contribution in [-0.2, 0) is 26.7 Å². The lowest BCUT2D eigenvalue weighted by molar-refractivity contribution is -0.136. The van der Waals surface area contributed by atoms with Gasteiger partial charge in [-0.25, -0.2) is 13.1 Å². The molecule has 0 radical (unpaired) electrons. The molecule has 0 saturated heterocycles. The summed E-state index contributed by atoms with van der Waals surface area (Å²) >= 11 is 1.01. The Balaban J connectivity index is 1.76. The summed E-state index contributed by atoms with van der Waals surface area (Å²) in [5, 5.41) is 8.83. The van der Waals surface area contributed by atoms with Crippen LogP contribution in [0.15, 0.2) is 46.7 Å². The Hall–Kier alpha value is -1.70. The molecule has 1 aromatic heterocycles. The summed E-state index contributed by atoms with van der Waals surface area (Å²) < 4.78 is 28.2. The van der Waals surface area contributed by atoms with Gasteiger partial charge in [-0.2, -0.15) is 0 Å². The maximum atomic E-state index is 12.6. The molecule has 2 aromatic rings. The summed E-state index contributed by atoms with van der Waals surface area (Å²) in [6, 6.07) is 13.1. The number of benzene rings is 1. The van der Waals surface area contributed by atoms with Gasteiger partial charge in [-0.15, -0.1) is 11.3 Å². The molecule has 1 aliphatic rings. The van der Waals surface area contributed by atoms with Crippen molar-refractivity contribution in [1.29, 1.82) is 0 Å². The van der Waals surface area contributed by atoms with Crippen molar-refractivity contribution >= 4 is 27.3 Å². The highest BCUT2D eigenvalue weighted by atomic mass is 32.2. The van der Waals surface area contributed by atoms with Crippen molar-refractivity contribution in [2.24, 2.45) is 0 Å². The fourth-order valence-corrected chi connectivity index (χ4v) is 5.98. The summed E-state index contributed by atoms with van der Waals surface area (Å²) in [4.78, 5) is 11.3. The van der Waals surface area contributed by atoms with Crippen molar-refractivity contribution in [2.45, 2.75) is 41.7 Å². The highest BCUT2D eigenvalue weighted by Crippen LogP contribution is 2.40. The van der Waals surface area contributed by atoms with Crippen LogP contribution in [0.3, 0.4) is 0 Å². The molecule has 5 nitrogen and oxygen atoms in total. The smallest absolute Gasteiger partial charge is 0.308 e. The Morgan fingerprint density at radius 2 is 1.80 bits per heavy atom. The molecule has 0 unspecified atom stereocenters. The second-order valence-electron chi connectivity index (χ2n) is 6.47. The lowest BCUT2D eigenvalue weighted by Gasteiger charge is -2.29. The second kappa shape index (κ2) is 7.27. The maximum Gasteiger partial charge on any atom is 0.308 e. The van der Waals surface area contributed by atoms with Gasteiger partial charge < -0.3 is 5.11 Å². The zero-order valence-electron chi connectivity index (χ0n) is 13.8. The molecule has 0 atom stereocenters. The molecule has 0 spiro atoms. The fraction of sp³-hybridized carbons (Fsp3) is 0.389. The molecule has 0 amide bonds. The Labute approximate surface area is 151 Å². The molecule has 25 heavy (non-hydrogen) atoms. The Morgan fingerprint density at radius 3 is 2.44 bits per heavy atom. The molecule has 1 aromatic carbocycles. The molecule has 1 fully saturated rings. The third-order valence-corrected chi connectivity index (χ3v) is 7.75. The van der Waals surface area contributed by atoms with E-state index in [0.717, 1.165) is 37.0 Å². The van der Waals surface area contributed by atoms with Gasteiger partial charge in [0.1, 0.15) is 4.21 Å². The number of rotatable bonds is 7. The van der Waals surface area contributed by atoms with Crippen LogP contribution in [0.2, 0.25) is 0 Å². The average Bonchev–Trinajstić information content (AvgIpc) is 3.24. The predicted molar refractivity (Wildman–Crippen MR) is 97.4 cm³/mol. The number of thiophene rings is 1. The average molecular weight is 380 g/mol. The van der Waals surface area contributed by atoms with E-state index >= 15 is 0 Å². The zero-order valence-corrected chi connectivity index (χ0v) is 15.4. The van der Waals surface area contributed by atoms with Crippen LogP contribution in [0.25, 0.3) is 0 Å². The van der Waals surface area contributed by atoms with Gasteiger partial charge in [0, 0.05) is 16.8 Å². The van der Waals surface area contributed by atoms with E-state index in [0.29, 0.717) is 11.4 Å². The molecule has 3 rings (SSSR count). The summed E-state index contributed by atoms with van der Waals surface area (Å²) in [6.07, 6.45) is 3.97. The SMILES string of the molecule is O=C(O)Cc1ccc(S(=O)(=O)NCC2(c3ccccc3)CCCC2)s1. The molecule has 134 valence electrons. The van der Waals surface area contributed by atoms with E-state index in [2.05, 4.69) is 16.9 Å². The van der Waals surface area contributed by atoms with E-state index < -0.39 is 16.0 Å². The third-order valence-electron chi connectivity index (χ3n) is 4.77. The molecule has 0 bridgehead atoms. The van der Waals surface area contributed by atoms with E-state index in [4.69, 9.17) is 5.11 Å². The Kier molecular flexibility index (Phi) is 5.27. The summed E-state index contributed by atoms with van der Waals surface area (Å²) in [6.45, 7) is 0.367. The van der Waals surface area contributed by atoms with Crippen molar-refractivity contribution in [2.75, 3.05) is 6.54 Å². The van der Waals surface area contributed by atoms with E-state index in [1.807, 2.05) is 18.2 Å². The number of aliphatic carboxylic acids is 1. The van der Waals surface area contributed by atoms with Crippen LogP contribution in [0.1, 0.15) is 36.1 Å². The van der Waals surface area contributed by atoms with Crippen molar-refractivity contribution in [3.05, 3.63) is 52.9 Å². The molecular weight excluding hydrogens is 358 g/mol. The minimum Gasteiger partial charge on any atom is -0.481 e. The van der Waals surface area contributed by atoms with Gasteiger partial charge in [-0.1, -0.05) is 43.2 Å². The van der Waals surface area contributed by atoms with Crippen molar-refractivity contribution < 1.29 is 18.3 Å². The maximum absolute atomic E-state index is 12.6. The van der Waals surface area contributed by atoms with Crippen LogP contribution >= 0.6 is 11.3 Å². The highest BCUT2D eigenvalue weighted by Gasteiger charge is 2.36. The number of hydrogen-bond donors (Lipinski definition) is 2. The van der Waals surface area contributed by atoms with Crippen LogP contribution in [0.4, 0.5) is 0 Å². The van der Waals surface area contributed by atoms with Crippen LogP contribution in [0, 0.1) is 0 Å². The van der Waals surface area contributed by atoms with Crippen LogP contribution in [0.5, 0.6) is 0 Å².